The molecule has 1 aliphatic carbocycles. The molecule has 0 radical (unpaired) electrons. The molecule has 1 N–H and O–H groups in total. The van der Waals surface area contributed by atoms with Crippen LogP contribution in [0.4, 0.5) is 0 Å². The largest absolute Gasteiger partial charge is 0.480 e. The van der Waals surface area contributed by atoms with Crippen molar-refractivity contribution in [2.75, 3.05) is 13.1 Å². The molecule has 0 saturated heterocycles. The lowest BCUT2D eigenvalue weighted by Gasteiger charge is -2.47. The number of rotatable bonds is 5. The Morgan fingerprint density at radius 2 is 2.12 bits per heavy atom. The first kappa shape index (κ1) is 14.5. The van der Waals surface area contributed by atoms with E-state index in [0.29, 0.717) is 5.92 Å². The van der Waals surface area contributed by atoms with Crippen LogP contribution in [0.2, 0.25) is 0 Å². The van der Waals surface area contributed by atoms with Gasteiger partial charge in [0.1, 0.15) is 5.54 Å². The predicted octanol–water partition coefficient (Wildman–Crippen LogP) is 3.00. The van der Waals surface area contributed by atoms with E-state index in [1.807, 2.05) is 0 Å². The second-order valence-electron chi connectivity index (χ2n) is 5.81. The van der Waals surface area contributed by atoms with E-state index in [9.17, 15) is 9.90 Å². The van der Waals surface area contributed by atoms with Crippen LogP contribution in [0.3, 0.4) is 0 Å². The van der Waals surface area contributed by atoms with Gasteiger partial charge in [-0.25, -0.2) is 0 Å². The highest BCUT2D eigenvalue weighted by atomic mass is 16.4. The van der Waals surface area contributed by atoms with Crippen LogP contribution in [0.15, 0.2) is 0 Å². The molecule has 2 unspecified atom stereocenters. The van der Waals surface area contributed by atoms with Gasteiger partial charge in [-0.2, -0.15) is 0 Å². The Morgan fingerprint density at radius 3 is 2.53 bits per heavy atom. The molecule has 0 heterocycles. The van der Waals surface area contributed by atoms with Gasteiger partial charge in [-0.05, 0) is 31.2 Å². The molecule has 100 valence electrons. The molecule has 1 aliphatic rings. The van der Waals surface area contributed by atoms with Crippen molar-refractivity contribution in [3.05, 3.63) is 0 Å². The lowest BCUT2D eigenvalue weighted by Crippen LogP contribution is -2.60. The van der Waals surface area contributed by atoms with Crippen molar-refractivity contribution < 1.29 is 9.90 Å². The number of carboxylic acids is 1. The topological polar surface area (TPSA) is 40.5 Å². The molecular formula is C14H27NO2. The summed E-state index contributed by atoms with van der Waals surface area (Å²) in [5.74, 6) is 0.153. The van der Waals surface area contributed by atoms with Gasteiger partial charge in [0, 0.05) is 6.54 Å². The standard InChI is InChI=1S/C14H27NO2/c1-5-15(10-11(2)3)14(13(16)17)9-7-6-8-12(14)4/h11-12H,5-10H2,1-4H3,(H,16,17). The van der Waals surface area contributed by atoms with Crippen LogP contribution < -0.4 is 0 Å². The molecule has 0 bridgehead atoms. The summed E-state index contributed by atoms with van der Waals surface area (Å²) in [6.45, 7) is 10.2. The summed E-state index contributed by atoms with van der Waals surface area (Å²) in [5, 5.41) is 9.73. The van der Waals surface area contributed by atoms with Crippen molar-refractivity contribution in [2.45, 2.75) is 58.9 Å². The lowest BCUT2D eigenvalue weighted by atomic mass is 9.72. The maximum Gasteiger partial charge on any atom is 0.324 e. The van der Waals surface area contributed by atoms with Crippen LogP contribution in [0, 0.1) is 11.8 Å². The fraction of sp³-hybridized carbons (Fsp3) is 0.929. The maximum absolute atomic E-state index is 11.8. The molecule has 0 aliphatic heterocycles. The first-order valence-corrected chi connectivity index (χ1v) is 6.93. The molecule has 3 nitrogen and oxygen atoms in total. The van der Waals surface area contributed by atoms with Crippen LogP contribution in [0.25, 0.3) is 0 Å². The van der Waals surface area contributed by atoms with Gasteiger partial charge in [0.05, 0.1) is 0 Å². The van der Waals surface area contributed by atoms with E-state index in [1.165, 1.54) is 6.42 Å². The van der Waals surface area contributed by atoms with Gasteiger partial charge >= 0.3 is 5.97 Å². The molecule has 2 atom stereocenters. The summed E-state index contributed by atoms with van der Waals surface area (Å²) >= 11 is 0. The van der Waals surface area contributed by atoms with Crippen molar-refractivity contribution in [3.8, 4) is 0 Å². The summed E-state index contributed by atoms with van der Waals surface area (Å²) in [4.78, 5) is 14.0. The van der Waals surface area contributed by atoms with Gasteiger partial charge in [-0.15, -0.1) is 0 Å². The zero-order valence-corrected chi connectivity index (χ0v) is 11.7. The van der Waals surface area contributed by atoms with E-state index in [-0.39, 0.29) is 5.92 Å². The minimum atomic E-state index is -0.618. The van der Waals surface area contributed by atoms with Crippen molar-refractivity contribution in [1.82, 2.24) is 4.90 Å². The Kier molecular flexibility index (Phi) is 4.99. The average molecular weight is 241 g/mol. The average Bonchev–Trinajstić information content (AvgIpc) is 2.26. The zero-order chi connectivity index (χ0) is 13.1. The highest BCUT2D eigenvalue weighted by Gasteiger charge is 2.49. The van der Waals surface area contributed by atoms with Gasteiger partial charge in [0.2, 0.25) is 0 Å². The van der Waals surface area contributed by atoms with Crippen LogP contribution in [-0.4, -0.2) is 34.6 Å². The summed E-state index contributed by atoms with van der Waals surface area (Å²) < 4.78 is 0. The van der Waals surface area contributed by atoms with Crippen LogP contribution in [0.5, 0.6) is 0 Å². The van der Waals surface area contributed by atoms with Crippen molar-refractivity contribution >= 4 is 5.97 Å². The number of likely N-dealkylation sites (N-methyl/N-ethyl adjacent to an activating group) is 1. The van der Waals surface area contributed by atoms with Gasteiger partial charge in [0.15, 0.2) is 0 Å². The van der Waals surface area contributed by atoms with Crippen molar-refractivity contribution in [1.29, 1.82) is 0 Å². The first-order valence-electron chi connectivity index (χ1n) is 6.93. The number of hydrogen-bond donors (Lipinski definition) is 1. The highest BCUT2D eigenvalue weighted by molar-refractivity contribution is 5.79. The Labute approximate surface area is 105 Å². The molecule has 0 spiro atoms. The SMILES string of the molecule is CCN(CC(C)C)C1(C(=O)O)CCCCC1C. The maximum atomic E-state index is 11.8. The Morgan fingerprint density at radius 1 is 1.47 bits per heavy atom. The molecule has 1 saturated carbocycles. The Balaban J connectivity index is 2.99. The molecular weight excluding hydrogens is 214 g/mol. The van der Waals surface area contributed by atoms with E-state index in [4.69, 9.17) is 0 Å². The molecule has 0 aromatic carbocycles. The quantitative estimate of drug-likeness (QED) is 0.804. The van der Waals surface area contributed by atoms with E-state index in [2.05, 4.69) is 32.6 Å². The molecule has 3 heteroatoms. The molecule has 1 fully saturated rings. The third-order valence-corrected chi connectivity index (χ3v) is 4.16. The monoisotopic (exact) mass is 241 g/mol. The summed E-state index contributed by atoms with van der Waals surface area (Å²) in [7, 11) is 0. The number of aliphatic carboxylic acids is 1. The minimum absolute atomic E-state index is 0.257. The molecule has 17 heavy (non-hydrogen) atoms. The minimum Gasteiger partial charge on any atom is -0.480 e. The smallest absolute Gasteiger partial charge is 0.324 e. The fourth-order valence-electron chi connectivity index (χ4n) is 3.27. The Bertz CT molecular complexity index is 265. The van der Waals surface area contributed by atoms with Gasteiger partial charge < -0.3 is 5.11 Å². The number of carboxylic acid groups (broad SMARTS) is 1. The van der Waals surface area contributed by atoms with Gasteiger partial charge in [-0.3, -0.25) is 9.69 Å². The summed E-state index contributed by atoms with van der Waals surface area (Å²) in [6, 6.07) is 0. The van der Waals surface area contributed by atoms with Gasteiger partial charge in [0.25, 0.3) is 0 Å². The van der Waals surface area contributed by atoms with E-state index in [1.54, 1.807) is 0 Å². The van der Waals surface area contributed by atoms with Crippen LogP contribution in [0.1, 0.15) is 53.4 Å². The van der Waals surface area contributed by atoms with E-state index < -0.39 is 11.5 Å². The second kappa shape index (κ2) is 5.85. The normalized spacial score (nSPS) is 29.9. The third kappa shape index (κ3) is 2.82. The van der Waals surface area contributed by atoms with E-state index >= 15 is 0 Å². The molecule has 1 rings (SSSR count). The molecule has 0 amide bonds. The highest BCUT2D eigenvalue weighted by Crippen LogP contribution is 2.39. The fourth-order valence-corrected chi connectivity index (χ4v) is 3.27. The van der Waals surface area contributed by atoms with Crippen LogP contribution in [-0.2, 0) is 4.79 Å². The number of nitrogens with zero attached hydrogens (tertiary/aromatic N) is 1. The molecule has 0 aromatic heterocycles. The van der Waals surface area contributed by atoms with Crippen molar-refractivity contribution in [2.24, 2.45) is 11.8 Å². The molecule has 0 aromatic rings. The predicted molar refractivity (Wildman–Crippen MR) is 70.1 cm³/mol. The number of carbonyl (C=O) groups is 1. The lowest BCUT2D eigenvalue weighted by molar-refractivity contribution is -0.159. The summed E-state index contributed by atoms with van der Waals surface area (Å²) in [6.07, 6.45) is 4.08. The zero-order valence-electron chi connectivity index (χ0n) is 11.7. The Hall–Kier alpha value is -0.570. The summed E-state index contributed by atoms with van der Waals surface area (Å²) in [5.41, 5.74) is -0.614. The van der Waals surface area contributed by atoms with Gasteiger partial charge in [-0.1, -0.05) is 40.5 Å². The third-order valence-electron chi connectivity index (χ3n) is 4.16. The first-order chi connectivity index (χ1) is 7.95. The van der Waals surface area contributed by atoms with E-state index in [0.717, 1.165) is 32.4 Å². The second-order valence-corrected chi connectivity index (χ2v) is 5.81. The van der Waals surface area contributed by atoms with Crippen molar-refractivity contribution in [3.63, 3.8) is 0 Å². The number of hydrogen-bond acceptors (Lipinski definition) is 2. The van der Waals surface area contributed by atoms with Crippen LogP contribution >= 0.6 is 0 Å².